The van der Waals surface area contributed by atoms with E-state index in [1.54, 1.807) is 31.3 Å². The van der Waals surface area contributed by atoms with Gasteiger partial charge in [0.05, 0.1) is 22.5 Å². The average molecular weight is 264 g/mol. The molecule has 0 atom stereocenters. The second-order valence-corrected chi connectivity index (χ2v) is 4.23. The first-order valence-electron chi connectivity index (χ1n) is 6.10. The van der Waals surface area contributed by atoms with Crippen molar-refractivity contribution < 1.29 is 4.79 Å². The van der Waals surface area contributed by atoms with Crippen LogP contribution in [0.1, 0.15) is 15.9 Å². The predicted molar refractivity (Wildman–Crippen MR) is 80.2 cm³/mol. The molecule has 2 N–H and O–H groups in total. The summed E-state index contributed by atoms with van der Waals surface area (Å²) in [5.41, 5.74) is 3.03. The minimum atomic E-state index is -0.183. The van der Waals surface area contributed by atoms with Crippen LogP contribution in [0.4, 0.5) is 11.4 Å². The number of nitriles is 1. The normalized spacial score (nSPS) is 9.60. The maximum atomic E-state index is 11.8. The highest BCUT2D eigenvalue weighted by Gasteiger charge is 2.11. The third-order valence-electron chi connectivity index (χ3n) is 2.83. The van der Waals surface area contributed by atoms with Crippen LogP contribution in [0, 0.1) is 11.3 Å². The van der Waals surface area contributed by atoms with Crippen LogP contribution < -0.4 is 16.2 Å². The summed E-state index contributed by atoms with van der Waals surface area (Å²) < 4.78 is 0. The van der Waals surface area contributed by atoms with Crippen LogP contribution in [0.5, 0.6) is 0 Å². The Hall–Kier alpha value is -2.81. The third kappa shape index (κ3) is 2.78. The summed E-state index contributed by atoms with van der Waals surface area (Å²) in [6, 6.07) is 11.0. The monoisotopic (exact) mass is 264 g/mol. The molecule has 98 valence electrons. The molecular weight excluding hydrogens is 251 g/mol. The van der Waals surface area contributed by atoms with Crippen LogP contribution in [0.15, 0.2) is 36.5 Å². The minimum absolute atomic E-state index is 0.183. The third-order valence-corrected chi connectivity index (χ3v) is 2.83. The molecule has 0 unspecified atom stereocenters. The zero-order valence-electron chi connectivity index (χ0n) is 11.3. The topological polar surface area (TPSA) is 77.8 Å². The van der Waals surface area contributed by atoms with Gasteiger partial charge in [0.2, 0.25) is 0 Å². The average Bonchev–Trinajstić information content (AvgIpc) is 2.47. The maximum absolute atomic E-state index is 11.8. The van der Waals surface area contributed by atoms with Crippen LogP contribution in [0.2, 0.25) is 0 Å². The standard InChI is InChI=1S/C14H13BN4O/c1-17-14(20)10-4-2-3-5-11(10)19-12-6-13(15)18-8-9(12)7-16/h2-6,8H,15H2,1H3,(H,17,20)(H,18,19). The second kappa shape index (κ2) is 5.89. The first kappa shape index (κ1) is 13.6. The Bertz CT molecular complexity index is 694. The smallest absolute Gasteiger partial charge is 0.253 e. The van der Waals surface area contributed by atoms with Gasteiger partial charge in [0.15, 0.2) is 7.85 Å². The van der Waals surface area contributed by atoms with E-state index in [1.807, 2.05) is 13.9 Å². The lowest BCUT2D eigenvalue weighted by Gasteiger charge is -2.12. The second-order valence-electron chi connectivity index (χ2n) is 4.23. The lowest BCUT2D eigenvalue weighted by Crippen LogP contribution is -2.19. The van der Waals surface area contributed by atoms with E-state index in [9.17, 15) is 4.79 Å². The molecule has 0 spiro atoms. The molecule has 1 aromatic carbocycles. The van der Waals surface area contributed by atoms with Gasteiger partial charge < -0.3 is 10.6 Å². The number of amides is 1. The minimum Gasteiger partial charge on any atom is -0.355 e. The van der Waals surface area contributed by atoms with E-state index in [-0.39, 0.29) is 5.91 Å². The first-order valence-corrected chi connectivity index (χ1v) is 6.10. The highest BCUT2D eigenvalue weighted by molar-refractivity contribution is 6.31. The summed E-state index contributed by atoms with van der Waals surface area (Å²) in [7, 11) is 3.42. The molecule has 2 rings (SSSR count). The fourth-order valence-corrected chi connectivity index (χ4v) is 1.82. The van der Waals surface area contributed by atoms with E-state index < -0.39 is 0 Å². The van der Waals surface area contributed by atoms with Gasteiger partial charge in [-0.25, -0.2) is 0 Å². The van der Waals surface area contributed by atoms with Crippen LogP contribution in [0.3, 0.4) is 0 Å². The number of aromatic nitrogens is 1. The summed E-state index contributed by atoms with van der Waals surface area (Å²) in [5.74, 6) is -0.183. The molecule has 1 amide bonds. The van der Waals surface area contributed by atoms with E-state index >= 15 is 0 Å². The SMILES string of the molecule is Bc1cc(Nc2ccccc2C(=O)NC)c(C#N)cn1. The molecule has 0 saturated heterocycles. The van der Waals surface area contributed by atoms with Crippen LogP contribution in [-0.2, 0) is 0 Å². The van der Waals surface area contributed by atoms with Crippen molar-refractivity contribution in [2.45, 2.75) is 0 Å². The first-order chi connectivity index (χ1) is 9.65. The number of carbonyl (C=O) groups is 1. The molecule has 2 aromatic rings. The van der Waals surface area contributed by atoms with Gasteiger partial charge in [0, 0.05) is 13.2 Å². The van der Waals surface area contributed by atoms with Gasteiger partial charge in [-0.3, -0.25) is 9.78 Å². The molecule has 0 aliphatic rings. The Morgan fingerprint density at radius 3 is 2.80 bits per heavy atom. The number of nitrogens with one attached hydrogen (secondary N) is 2. The van der Waals surface area contributed by atoms with Crippen LogP contribution >= 0.6 is 0 Å². The Labute approximate surface area is 118 Å². The summed E-state index contributed by atoms with van der Waals surface area (Å²) in [5, 5.41) is 14.8. The lowest BCUT2D eigenvalue weighted by molar-refractivity contribution is 0.0964. The number of nitrogens with zero attached hydrogens (tertiary/aromatic N) is 2. The quantitative estimate of drug-likeness (QED) is 0.782. The molecule has 20 heavy (non-hydrogen) atoms. The van der Waals surface area contributed by atoms with Gasteiger partial charge in [0.25, 0.3) is 5.91 Å². The number of hydrogen-bond donors (Lipinski definition) is 2. The Morgan fingerprint density at radius 1 is 1.35 bits per heavy atom. The fourth-order valence-electron chi connectivity index (χ4n) is 1.82. The molecule has 6 heteroatoms. The lowest BCUT2D eigenvalue weighted by atomic mass is 10.0. The van der Waals surface area contributed by atoms with Gasteiger partial charge >= 0.3 is 0 Å². The van der Waals surface area contributed by atoms with Crippen molar-refractivity contribution >= 4 is 30.7 Å². The van der Waals surface area contributed by atoms with Crippen molar-refractivity contribution in [3.05, 3.63) is 47.7 Å². The van der Waals surface area contributed by atoms with E-state index in [2.05, 4.69) is 21.7 Å². The highest BCUT2D eigenvalue weighted by atomic mass is 16.1. The van der Waals surface area contributed by atoms with E-state index in [0.29, 0.717) is 22.5 Å². The Kier molecular flexibility index (Phi) is 4.01. The molecule has 0 aliphatic heterocycles. The van der Waals surface area contributed by atoms with Crippen LogP contribution in [-0.4, -0.2) is 25.8 Å². The summed E-state index contributed by atoms with van der Waals surface area (Å²) >= 11 is 0. The van der Waals surface area contributed by atoms with Crippen molar-refractivity contribution in [3.8, 4) is 6.07 Å². The molecule has 1 heterocycles. The molecule has 0 aliphatic carbocycles. The largest absolute Gasteiger partial charge is 0.355 e. The number of rotatable bonds is 3. The van der Waals surface area contributed by atoms with Gasteiger partial charge in [-0.05, 0) is 23.8 Å². The Balaban J connectivity index is 2.43. The van der Waals surface area contributed by atoms with E-state index in [4.69, 9.17) is 5.26 Å². The maximum Gasteiger partial charge on any atom is 0.253 e. The number of anilines is 2. The number of hydrogen-bond acceptors (Lipinski definition) is 4. The molecule has 1 aromatic heterocycles. The highest BCUT2D eigenvalue weighted by Crippen LogP contribution is 2.22. The zero-order valence-corrected chi connectivity index (χ0v) is 11.3. The zero-order chi connectivity index (χ0) is 14.5. The van der Waals surface area contributed by atoms with Crippen molar-refractivity contribution in [1.82, 2.24) is 10.3 Å². The summed E-state index contributed by atoms with van der Waals surface area (Å²) in [6.07, 6.45) is 1.51. The van der Waals surface area contributed by atoms with Gasteiger partial charge in [0.1, 0.15) is 6.07 Å². The van der Waals surface area contributed by atoms with Gasteiger partial charge in [-0.1, -0.05) is 12.1 Å². The molecule has 0 fully saturated rings. The summed E-state index contributed by atoms with van der Waals surface area (Å²) in [6.45, 7) is 0. The van der Waals surface area contributed by atoms with Crippen molar-refractivity contribution in [2.75, 3.05) is 12.4 Å². The van der Waals surface area contributed by atoms with Crippen molar-refractivity contribution in [2.24, 2.45) is 0 Å². The van der Waals surface area contributed by atoms with E-state index in [0.717, 1.165) is 5.59 Å². The molecular formula is C14H13BN4O. The molecule has 5 nitrogen and oxygen atoms in total. The van der Waals surface area contributed by atoms with Gasteiger partial charge in [-0.15, -0.1) is 0 Å². The predicted octanol–water partition coefficient (Wildman–Crippen LogP) is 0.315. The van der Waals surface area contributed by atoms with Gasteiger partial charge in [-0.2, -0.15) is 5.26 Å². The number of benzene rings is 1. The van der Waals surface area contributed by atoms with Crippen LogP contribution in [0.25, 0.3) is 0 Å². The fraction of sp³-hybridized carbons (Fsp3) is 0.0714. The van der Waals surface area contributed by atoms with Crippen molar-refractivity contribution in [3.63, 3.8) is 0 Å². The number of para-hydroxylation sites is 1. The van der Waals surface area contributed by atoms with E-state index in [1.165, 1.54) is 6.20 Å². The summed E-state index contributed by atoms with van der Waals surface area (Å²) in [4.78, 5) is 15.9. The number of pyridine rings is 1. The molecule has 0 saturated carbocycles. The molecule has 0 bridgehead atoms. The molecule has 0 radical (unpaired) electrons. The Morgan fingerprint density at radius 2 is 2.10 bits per heavy atom. The number of carbonyl (C=O) groups excluding carboxylic acids is 1. The van der Waals surface area contributed by atoms with Crippen molar-refractivity contribution in [1.29, 1.82) is 5.26 Å².